The number of ether oxygens (including phenoxy) is 1. The van der Waals surface area contributed by atoms with E-state index in [1.54, 1.807) is 0 Å². The Morgan fingerprint density at radius 1 is 1.12 bits per heavy atom. The fourth-order valence-electron chi connectivity index (χ4n) is 2.65. The Kier molecular flexibility index (Phi) is 5.00. The number of hydrogen-bond donors (Lipinski definition) is 0. The van der Waals surface area contributed by atoms with Crippen molar-refractivity contribution in [3.8, 4) is 5.75 Å². The van der Waals surface area contributed by atoms with Gasteiger partial charge in [-0.05, 0) is 39.0 Å². The van der Waals surface area contributed by atoms with Crippen LogP contribution in [0.3, 0.4) is 0 Å². The molecule has 24 heavy (non-hydrogen) atoms. The molecule has 5 heteroatoms. The molecule has 0 aliphatic carbocycles. The van der Waals surface area contributed by atoms with Gasteiger partial charge in [0.2, 0.25) is 0 Å². The summed E-state index contributed by atoms with van der Waals surface area (Å²) in [6, 6.07) is 13.8. The second-order valence-electron chi connectivity index (χ2n) is 6.13. The van der Waals surface area contributed by atoms with Crippen molar-refractivity contribution in [3.05, 3.63) is 65.6 Å². The lowest BCUT2D eigenvalue weighted by molar-refractivity contribution is 0.240. The molecule has 3 rings (SSSR count). The van der Waals surface area contributed by atoms with Gasteiger partial charge in [-0.1, -0.05) is 24.3 Å². The molecule has 2 aromatic heterocycles. The Morgan fingerprint density at radius 3 is 2.67 bits per heavy atom. The monoisotopic (exact) mass is 342 g/mol. The first-order valence-electron chi connectivity index (χ1n) is 8.06. The lowest BCUT2D eigenvalue weighted by Crippen LogP contribution is -2.09. The highest BCUT2D eigenvalue weighted by Gasteiger charge is 2.11. The minimum atomic E-state index is -1.04. The van der Waals surface area contributed by atoms with E-state index in [9.17, 15) is 4.21 Å². The average Bonchev–Trinajstić information content (AvgIpc) is 2.92. The molecule has 0 bridgehead atoms. The van der Waals surface area contributed by atoms with E-state index >= 15 is 0 Å². The van der Waals surface area contributed by atoms with Gasteiger partial charge < -0.3 is 9.14 Å². The molecule has 1 atom stereocenters. The molecule has 0 fully saturated rings. The second kappa shape index (κ2) is 7.18. The summed E-state index contributed by atoms with van der Waals surface area (Å²) in [6.45, 7) is 6.02. The van der Waals surface area contributed by atoms with Crippen molar-refractivity contribution >= 4 is 16.4 Å². The number of aryl methyl sites for hydroxylation is 1. The summed E-state index contributed by atoms with van der Waals surface area (Å²) in [6.07, 6.45) is 2.07. The van der Waals surface area contributed by atoms with E-state index in [0.29, 0.717) is 11.5 Å². The lowest BCUT2D eigenvalue weighted by atomic mass is 10.2. The van der Waals surface area contributed by atoms with Crippen molar-refractivity contribution in [2.45, 2.75) is 38.4 Å². The number of aromatic nitrogens is 2. The van der Waals surface area contributed by atoms with Gasteiger partial charge in [0.25, 0.3) is 0 Å². The Bertz CT molecular complexity index is 871. The normalized spacial score (nSPS) is 12.7. The molecule has 1 aromatic carbocycles. The highest BCUT2D eigenvalue weighted by atomic mass is 32.2. The number of imidazole rings is 1. The molecule has 1 unspecified atom stereocenters. The van der Waals surface area contributed by atoms with Gasteiger partial charge in [-0.25, -0.2) is 4.98 Å². The summed E-state index contributed by atoms with van der Waals surface area (Å²) in [7, 11) is -1.04. The van der Waals surface area contributed by atoms with Crippen molar-refractivity contribution < 1.29 is 8.95 Å². The summed E-state index contributed by atoms with van der Waals surface area (Å²) in [5.41, 5.74) is 3.84. The molecule has 0 saturated carbocycles. The first kappa shape index (κ1) is 16.7. The summed E-state index contributed by atoms with van der Waals surface area (Å²) < 4.78 is 20.4. The predicted molar refractivity (Wildman–Crippen MR) is 97.7 cm³/mol. The highest BCUT2D eigenvalue weighted by molar-refractivity contribution is 7.83. The molecule has 0 spiro atoms. The molecular weight excluding hydrogens is 320 g/mol. The zero-order valence-electron chi connectivity index (χ0n) is 14.2. The van der Waals surface area contributed by atoms with Gasteiger partial charge in [-0.3, -0.25) is 4.21 Å². The third kappa shape index (κ3) is 3.85. The van der Waals surface area contributed by atoms with Gasteiger partial charge in [0, 0.05) is 28.3 Å². The third-order valence-corrected chi connectivity index (χ3v) is 4.96. The smallest absolute Gasteiger partial charge is 0.137 e. The Balaban J connectivity index is 1.74. The van der Waals surface area contributed by atoms with Crippen LogP contribution in [-0.2, 0) is 22.3 Å². The number of para-hydroxylation sites is 1. The molecule has 0 amide bonds. The van der Waals surface area contributed by atoms with Crippen LogP contribution in [0.15, 0.2) is 48.7 Å². The molecule has 0 aliphatic rings. The molecule has 3 aromatic rings. The largest absolute Gasteiger partial charge is 0.491 e. The van der Waals surface area contributed by atoms with E-state index in [-0.39, 0.29) is 6.10 Å². The molecule has 4 nitrogen and oxygen atoms in total. The second-order valence-corrected chi connectivity index (χ2v) is 7.59. The van der Waals surface area contributed by atoms with Gasteiger partial charge in [0.1, 0.15) is 11.4 Å². The summed E-state index contributed by atoms with van der Waals surface area (Å²) >= 11 is 0. The van der Waals surface area contributed by atoms with E-state index in [1.807, 2.05) is 73.8 Å². The predicted octanol–water partition coefficient (Wildman–Crippen LogP) is 3.88. The number of fused-ring (bicyclic) bond motifs is 1. The van der Waals surface area contributed by atoms with Crippen molar-refractivity contribution in [2.75, 3.05) is 0 Å². The number of nitrogens with zero attached hydrogens (tertiary/aromatic N) is 2. The van der Waals surface area contributed by atoms with Crippen LogP contribution in [0.2, 0.25) is 0 Å². The number of benzene rings is 1. The molecule has 126 valence electrons. The fourth-order valence-corrected chi connectivity index (χ4v) is 3.81. The molecule has 0 aliphatic heterocycles. The summed E-state index contributed by atoms with van der Waals surface area (Å²) in [4.78, 5) is 4.56. The first-order chi connectivity index (χ1) is 11.5. The average molecular weight is 342 g/mol. The molecule has 0 saturated heterocycles. The van der Waals surface area contributed by atoms with Crippen molar-refractivity contribution in [2.24, 2.45) is 0 Å². The summed E-state index contributed by atoms with van der Waals surface area (Å²) in [5, 5.41) is 0. The van der Waals surface area contributed by atoms with Crippen LogP contribution in [0.25, 0.3) is 5.65 Å². The van der Waals surface area contributed by atoms with E-state index in [0.717, 1.165) is 28.3 Å². The molecular formula is C19H22N2O2S. The molecule has 0 radical (unpaired) electrons. The Morgan fingerprint density at radius 2 is 1.92 bits per heavy atom. The number of hydrogen-bond acceptors (Lipinski definition) is 3. The standard InChI is InChI=1S/C19H22N2O2S/c1-14(2)23-18-9-5-4-8-16(18)12-24(22)13-17-11-21-15(3)7-6-10-19(21)20-17/h4-11,14H,12-13H2,1-3H3. The quantitative estimate of drug-likeness (QED) is 0.683. The third-order valence-electron chi connectivity index (χ3n) is 3.71. The van der Waals surface area contributed by atoms with Crippen LogP contribution >= 0.6 is 0 Å². The van der Waals surface area contributed by atoms with Gasteiger partial charge in [0.05, 0.1) is 23.3 Å². The highest BCUT2D eigenvalue weighted by Crippen LogP contribution is 2.22. The van der Waals surface area contributed by atoms with Crippen LogP contribution in [0.5, 0.6) is 5.75 Å². The first-order valence-corrected chi connectivity index (χ1v) is 9.55. The molecule has 0 N–H and O–H groups in total. The van der Waals surface area contributed by atoms with Crippen molar-refractivity contribution in [3.63, 3.8) is 0 Å². The van der Waals surface area contributed by atoms with E-state index < -0.39 is 10.8 Å². The maximum Gasteiger partial charge on any atom is 0.137 e. The van der Waals surface area contributed by atoms with Gasteiger partial charge in [-0.15, -0.1) is 0 Å². The maximum atomic E-state index is 12.6. The minimum Gasteiger partial charge on any atom is -0.491 e. The summed E-state index contributed by atoms with van der Waals surface area (Å²) in [5.74, 6) is 1.72. The van der Waals surface area contributed by atoms with Crippen LogP contribution in [0, 0.1) is 6.92 Å². The van der Waals surface area contributed by atoms with E-state index in [1.165, 1.54) is 0 Å². The van der Waals surface area contributed by atoms with Gasteiger partial charge >= 0.3 is 0 Å². The van der Waals surface area contributed by atoms with E-state index in [2.05, 4.69) is 4.98 Å². The number of rotatable bonds is 6. The lowest BCUT2D eigenvalue weighted by Gasteiger charge is -2.13. The Hall–Kier alpha value is -2.14. The van der Waals surface area contributed by atoms with Crippen molar-refractivity contribution in [1.29, 1.82) is 0 Å². The van der Waals surface area contributed by atoms with Crippen molar-refractivity contribution in [1.82, 2.24) is 9.38 Å². The molecule has 2 heterocycles. The van der Waals surface area contributed by atoms with Gasteiger partial charge in [0.15, 0.2) is 0 Å². The minimum absolute atomic E-state index is 0.0981. The SMILES string of the molecule is Cc1cccc2nc(CS(=O)Cc3ccccc3OC(C)C)cn12. The topological polar surface area (TPSA) is 43.6 Å². The zero-order valence-corrected chi connectivity index (χ0v) is 15.0. The van der Waals surface area contributed by atoms with Crippen LogP contribution in [-0.4, -0.2) is 19.7 Å². The van der Waals surface area contributed by atoms with Crippen LogP contribution in [0.4, 0.5) is 0 Å². The van der Waals surface area contributed by atoms with Gasteiger partial charge in [-0.2, -0.15) is 0 Å². The maximum absolute atomic E-state index is 12.6. The zero-order chi connectivity index (χ0) is 17.1. The van der Waals surface area contributed by atoms with Crippen LogP contribution in [0.1, 0.15) is 30.8 Å². The Labute approximate surface area is 145 Å². The van der Waals surface area contributed by atoms with E-state index in [4.69, 9.17) is 4.74 Å². The van der Waals surface area contributed by atoms with Crippen LogP contribution < -0.4 is 4.74 Å². The fraction of sp³-hybridized carbons (Fsp3) is 0.316. The number of pyridine rings is 1.